The molecule has 1 unspecified atom stereocenters. The minimum atomic E-state index is 0.0450. The highest BCUT2D eigenvalue weighted by molar-refractivity contribution is 5.76. The van der Waals surface area contributed by atoms with Gasteiger partial charge in [0.05, 0.1) is 11.4 Å². The molecular formula is C15H17N3. The molecule has 0 radical (unpaired) electrons. The first-order valence-corrected chi connectivity index (χ1v) is 6.18. The van der Waals surface area contributed by atoms with Crippen molar-refractivity contribution in [3.05, 3.63) is 53.6 Å². The predicted octanol–water partition coefficient (Wildman–Crippen LogP) is 3.54. The van der Waals surface area contributed by atoms with Gasteiger partial charge in [-0.3, -0.25) is 0 Å². The quantitative estimate of drug-likeness (QED) is 0.750. The van der Waals surface area contributed by atoms with E-state index >= 15 is 0 Å². The maximum atomic E-state index is 3.43. The van der Waals surface area contributed by atoms with Gasteiger partial charge in [-0.15, -0.1) is 0 Å². The van der Waals surface area contributed by atoms with Crippen molar-refractivity contribution in [3.63, 3.8) is 0 Å². The third-order valence-corrected chi connectivity index (χ3v) is 3.10. The molecule has 92 valence electrons. The average molecular weight is 239 g/mol. The van der Waals surface area contributed by atoms with E-state index in [1.807, 2.05) is 0 Å². The molecule has 3 N–H and O–H groups in total. The van der Waals surface area contributed by atoms with Crippen LogP contribution in [0.1, 0.15) is 11.1 Å². The zero-order valence-corrected chi connectivity index (χ0v) is 10.6. The number of hydrogen-bond donors (Lipinski definition) is 3. The SMILES string of the molecule is Cc1cccc(NC2Nc3ccc(C)cc3N2)c1. The molecule has 0 amide bonds. The summed E-state index contributed by atoms with van der Waals surface area (Å²) in [5, 5.41) is 10.3. The zero-order chi connectivity index (χ0) is 12.5. The van der Waals surface area contributed by atoms with E-state index in [-0.39, 0.29) is 6.29 Å². The van der Waals surface area contributed by atoms with Gasteiger partial charge in [-0.25, -0.2) is 0 Å². The average Bonchev–Trinajstić information content (AvgIpc) is 2.70. The highest BCUT2D eigenvalue weighted by Crippen LogP contribution is 2.29. The van der Waals surface area contributed by atoms with E-state index in [2.05, 4.69) is 72.3 Å². The van der Waals surface area contributed by atoms with Gasteiger partial charge in [0.25, 0.3) is 0 Å². The molecular weight excluding hydrogens is 222 g/mol. The Morgan fingerprint density at radius 2 is 1.67 bits per heavy atom. The zero-order valence-electron chi connectivity index (χ0n) is 10.6. The van der Waals surface area contributed by atoms with Gasteiger partial charge in [0.2, 0.25) is 0 Å². The van der Waals surface area contributed by atoms with E-state index in [0.29, 0.717) is 0 Å². The molecule has 0 aromatic heterocycles. The summed E-state index contributed by atoms with van der Waals surface area (Å²) in [5.74, 6) is 0. The number of fused-ring (bicyclic) bond motifs is 1. The first-order valence-electron chi connectivity index (χ1n) is 6.18. The van der Waals surface area contributed by atoms with Crippen molar-refractivity contribution in [3.8, 4) is 0 Å². The van der Waals surface area contributed by atoms with Crippen LogP contribution in [0.15, 0.2) is 42.5 Å². The van der Waals surface area contributed by atoms with Crippen LogP contribution in [0.5, 0.6) is 0 Å². The number of nitrogens with one attached hydrogen (secondary N) is 3. The summed E-state index contributed by atoms with van der Waals surface area (Å²) in [6, 6.07) is 14.7. The first kappa shape index (κ1) is 11.0. The molecule has 2 aromatic rings. The predicted molar refractivity (Wildman–Crippen MR) is 77.0 cm³/mol. The molecule has 2 aromatic carbocycles. The fraction of sp³-hybridized carbons (Fsp3) is 0.200. The normalized spacial score (nSPS) is 16.7. The van der Waals surface area contributed by atoms with Crippen LogP contribution in [0.25, 0.3) is 0 Å². The lowest BCUT2D eigenvalue weighted by molar-refractivity contribution is 0.971. The lowest BCUT2D eigenvalue weighted by Gasteiger charge is -2.16. The molecule has 1 heterocycles. The number of hydrogen-bond acceptors (Lipinski definition) is 3. The molecule has 0 spiro atoms. The lowest BCUT2D eigenvalue weighted by atomic mass is 10.2. The van der Waals surface area contributed by atoms with E-state index in [9.17, 15) is 0 Å². The Labute approximate surface area is 107 Å². The van der Waals surface area contributed by atoms with Gasteiger partial charge in [-0.2, -0.15) is 0 Å². The summed E-state index contributed by atoms with van der Waals surface area (Å²) >= 11 is 0. The summed E-state index contributed by atoms with van der Waals surface area (Å²) in [6.45, 7) is 4.20. The molecule has 0 saturated carbocycles. The summed E-state index contributed by atoms with van der Waals surface area (Å²) in [5.41, 5.74) is 5.93. The molecule has 1 aliphatic rings. The smallest absolute Gasteiger partial charge is 0.173 e. The van der Waals surface area contributed by atoms with E-state index in [1.54, 1.807) is 0 Å². The molecule has 1 atom stereocenters. The Bertz CT molecular complexity index is 578. The van der Waals surface area contributed by atoms with Gasteiger partial charge in [-0.1, -0.05) is 18.2 Å². The second kappa shape index (κ2) is 4.26. The van der Waals surface area contributed by atoms with Crippen molar-refractivity contribution in [2.45, 2.75) is 20.1 Å². The molecule has 3 nitrogen and oxygen atoms in total. The highest BCUT2D eigenvalue weighted by Gasteiger charge is 2.18. The molecule has 0 aliphatic carbocycles. The van der Waals surface area contributed by atoms with Crippen molar-refractivity contribution in [1.29, 1.82) is 0 Å². The number of rotatable bonds is 2. The molecule has 1 aliphatic heterocycles. The van der Waals surface area contributed by atoms with Crippen LogP contribution in [-0.4, -0.2) is 6.29 Å². The van der Waals surface area contributed by atoms with Gasteiger partial charge < -0.3 is 16.0 Å². The van der Waals surface area contributed by atoms with Crippen LogP contribution in [0.2, 0.25) is 0 Å². The van der Waals surface area contributed by atoms with Crippen molar-refractivity contribution in [1.82, 2.24) is 0 Å². The van der Waals surface area contributed by atoms with E-state index < -0.39 is 0 Å². The van der Waals surface area contributed by atoms with Crippen molar-refractivity contribution in [2.24, 2.45) is 0 Å². The molecule has 18 heavy (non-hydrogen) atoms. The minimum Gasteiger partial charge on any atom is -0.348 e. The second-order valence-corrected chi connectivity index (χ2v) is 4.78. The lowest BCUT2D eigenvalue weighted by Crippen LogP contribution is -2.31. The van der Waals surface area contributed by atoms with Crippen molar-refractivity contribution < 1.29 is 0 Å². The Kier molecular flexibility index (Phi) is 2.59. The summed E-state index contributed by atoms with van der Waals surface area (Å²) in [6.07, 6.45) is 0.0450. The van der Waals surface area contributed by atoms with Crippen LogP contribution >= 0.6 is 0 Å². The first-order chi connectivity index (χ1) is 8.70. The Morgan fingerprint density at radius 1 is 0.889 bits per heavy atom. The van der Waals surface area contributed by atoms with E-state index in [4.69, 9.17) is 0 Å². The summed E-state index contributed by atoms with van der Waals surface area (Å²) in [7, 11) is 0. The third-order valence-electron chi connectivity index (χ3n) is 3.10. The maximum absolute atomic E-state index is 3.43. The van der Waals surface area contributed by atoms with Gasteiger partial charge in [0.1, 0.15) is 0 Å². The van der Waals surface area contributed by atoms with E-state index in [1.165, 1.54) is 11.1 Å². The Hall–Kier alpha value is -2.16. The number of aryl methyl sites for hydroxylation is 2. The molecule has 0 fully saturated rings. The standard InChI is InChI=1S/C15H17N3/c1-10-4-3-5-12(8-10)16-15-17-13-7-6-11(2)9-14(13)18-15/h3-9,15-18H,1-2H3. The van der Waals surface area contributed by atoms with E-state index in [0.717, 1.165) is 17.1 Å². The van der Waals surface area contributed by atoms with Crippen LogP contribution in [0.4, 0.5) is 17.1 Å². The molecule has 3 heteroatoms. The fourth-order valence-electron chi connectivity index (χ4n) is 2.22. The largest absolute Gasteiger partial charge is 0.348 e. The van der Waals surface area contributed by atoms with Crippen molar-refractivity contribution in [2.75, 3.05) is 16.0 Å². The van der Waals surface area contributed by atoms with Gasteiger partial charge in [-0.05, 0) is 49.2 Å². The van der Waals surface area contributed by atoms with Gasteiger partial charge in [0, 0.05) is 5.69 Å². The molecule has 0 saturated heterocycles. The van der Waals surface area contributed by atoms with Crippen LogP contribution in [0.3, 0.4) is 0 Å². The molecule has 0 bridgehead atoms. The van der Waals surface area contributed by atoms with Gasteiger partial charge >= 0.3 is 0 Å². The Balaban J connectivity index is 1.74. The molecule has 3 rings (SSSR count). The minimum absolute atomic E-state index is 0.0450. The highest BCUT2D eigenvalue weighted by atomic mass is 15.3. The fourth-order valence-corrected chi connectivity index (χ4v) is 2.22. The van der Waals surface area contributed by atoms with Gasteiger partial charge in [0.15, 0.2) is 6.29 Å². The number of benzene rings is 2. The monoisotopic (exact) mass is 239 g/mol. The van der Waals surface area contributed by atoms with Crippen LogP contribution < -0.4 is 16.0 Å². The Morgan fingerprint density at radius 3 is 2.50 bits per heavy atom. The number of anilines is 3. The third kappa shape index (κ3) is 2.12. The van der Waals surface area contributed by atoms with Crippen LogP contribution in [0, 0.1) is 13.8 Å². The summed E-state index contributed by atoms with van der Waals surface area (Å²) < 4.78 is 0. The summed E-state index contributed by atoms with van der Waals surface area (Å²) in [4.78, 5) is 0. The van der Waals surface area contributed by atoms with Crippen molar-refractivity contribution >= 4 is 17.1 Å². The topological polar surface area (TPSA) is 36.1 Å². The van der Waals surface area contributed by atoms with Crippen LogP contribution in [-0.2, 0) is 0 Å². The second-order valence-electron chi connectivity index (χ2n) is 4.78. The maximum Gasteiger partial charge on any atom is 0.173 e.